The minimum Gasteiger partial charge on any atom is -0.322 e. The Balaban J connectivity index is 1.49. The van der Waals surface area contributed by atoms with E-state index in [-0.39, 0.29) is 31.1 Å². The Morgan fingerprint density at radius 2 is 1.21 bits per heavy atom. The molecule has 8 nitrogen and oxygen atoms in total. The van der Waals surface area contributed by atoms with Crippen LogP contribution in [0.5, 0.6) is 0 Å². The molecule has 0 saturated carbocycles. The first-order valence-electron chi connectivity index (χ1n) is 11.4. The van der Waals surface area contributed by atoms with Crippen molar-refractivity contribution >= 4 is 66.2 Å². The van der Waals surface area contributed by atoms with Gasteiger partial charge in [-0.15, -0.1) is 0 Å². The molecular weight excluding hydrogens is 581 g/mol. The quantitative estimate of drug-likeness (QED) is 0.213. The van der Waals surface area contributed by atoms with E-state index in [4.69, 9.17) is 23.2 Å². The maximum atomic E-state index is 13.0. The highest BCUT2D eigenvalue weighted by Crippen LogP contribution is 2.26. The highest BCUT2D eigenvalue weighted by molar-refractivity contribution is 7.93. The SMILES string of the molecule is Cc1ccc(NS(=O)(=O)c2cc(C(=O)Nc3ccc(S(=O)(=O)Nc4cc(Cl)cc(Cl)c4)cc3)ccc2C)cc1. The van der Waals surface area contributed by atoms with Crippen LogP contribution in [0.2, 0.25) is 10.0 Å². The molecule has 4 aromatic rings. The van der Waals surface area contributed by atoms with E-state index < -0.39 is 26.0 Å². The number of amides is 1. The van der Waals surface area contributed by atoms with Crippen molar-refractivity contribution in [3.63, 3.8) is 0 Å². The van der Waals surface area contributed by atoms with Crippen molar-refractivity contribution in [2.75, 3.05) is 14.8 Å². The van der Waals surface area contributed by atoms with Crippen molar-refractivity contribution in [2.45, 2.75) is 23.6 Å². The largest absolute Gasteiger partial charge is 0.322 e. The Morgan fingerprint density at radius 1 is 0.641 bits per heavy atom. The van der Waals surface area contributed by atoms with E-state index in [0.717, 1.165) is 5.56 Å². The van der Waals surface area contributed by atoms with Gasteiger partial charge in [-0.25, -0.2) is 16.8 Å². The van der Waals surface area contributed by atoms with E-state index in [1.54, 1.807) is 37.3 Å². The van der Waals surface area contributed by atoms with Gasteiger partial charge in [-0.1, -0.05) is 47.0 Å². The van der Waals surface area contributed by atoms with Crippen LogP contribution in [0.4, 0.5) is 17.1 Å². The number of benzene rings is 4. The van der Waals surface area contributed by atoms with E-state index in [0.29, 0.717) is 16.9 Å². The first-order valence-corrected chi connectivity index (χ1v) is 15.2. The highest BCUT2D eigenvalue weighted by Gasteiger charge is 2.20. The molecule has 0 atom stereocenters. The molecule has 0 aliphatic heterocycles. The fourth-order valence-electron chi connectivity index (χ4n) is 3.61. The standard InChI is InChI=1S/C27H23Cl2N3O5S2/c1-17-3-7-23(8-4-17)31-39(36,37)26-13-19(6-5-18(26)2)27(33)30-22-9-11-25(12-10-22)38(34,35)32-24-15-20(28)14-21(29)16-24/h3-16,31-32H,1-2H3,(H,30,33). The number of carbonyl (C=O) groups is 1. The molecule has 0 heterocycles. The van der Waals surface area contributed by atoms with Crippen molar-refractivity contribution in [1.29, 1.82) is 0 Å². The van der Waals surface area contributed by atoms with Gasteiger partial charge < -0.3 is 5.32 Å². The van der Waals surface area contributed by atoms with Crippen LogP contribution in [0.25, 0.3) is 0 Å². The summed E-state index contributed by atoms with van der Waals surface area (Å²) in [7, 11) is -7.91. The molecule has 1 amide bonds. The molecule has 202 valence electrons. The Labute approximate surface area is 237 Å². The number of sulfonamides is 2. The molecule has 39 heavy (non-hydrogen) atoms. The predicted molar refractivity (Wildman–Crippen MR) is 155 cm³/mol. The van der Waals surface area contributed by atoms with Crippen molar-refractivity contribution in [3.8, 4) is 0 Å². The number of anilines is 3. The molecule has 0 bridgehead atoms. The summed E-state index contributed by atoms with van der Waals surface area (Å²) in [5.41, 5.74) is 2.48. The van der Waals surface area contributed by atoms with Crippen molar-refractivity contribution in [3.05, 3.63) is 112 Å². The summed E-state index contributed by atoms with van der Waals surface area (Å²) in [6, 6.07) is 21.0. The predicted octanol–water partition coefficient (Wildman–Crippen LogP) is 6.46. The number of carbonyl (C=O) groups excluding carboxylic acids is 1. The van der Waals surface area contributed by atoms with Gasteiger partial charge in [-0.3, -0.25) is 14.2 Å². The van der Waals surface area contributed by atoms with Gasteiger partial charge >= 0.3 is 0 Å². The molecule has 0 radical (unpaired) electrons. The fraction of sp³-hybridized carbons (Fsp3) is 0.0741. The van der Waals surface area contributed by atoms with E-state index in [1.807, 2.05) is 6.92 Å². The first kappa shape index (κ1) is 28.4. The van der Waals surface area contributed by atoms with Crippen molar-refractivity contribution < 1.29 is 21.6 Å². The summed E-state index contributed by atoms with van der Waals surface area (Å²) in [5, 5.41) is 3.20. The molecule has 0 unspecified atom stereocenters. The topological polar surface area (TPSA) is 121 Å². The highest BCUT2D eigenvalue weighted by atomic mass is 35.5. The molecule has 4 rings (SSSR count). The first-order chi connectivity index (χ1) is 18.3. The van der Waals surface area contributed by atoms with E-state index in [1.165, 1.54) is 54.6 Å². The van der Waals surface area contributed by atoms with Gasteiger partial charge in [0.25, 0.3) is 26.0 Å². The molecule has 0 fully saturated rings. The van der Waals surface area contributed by atoms with Crippen LogP contribution in [-0.2, 0) is 20.0 Å². The molecule has 0 spiro atoms. The summed E-state index contributed by atoms with van der Waals surface area (Å²) in [5.74, 6) is -0.566. The maximum Gasteiger partial charge on any atom is 0.262 e. The third kappa shape index (κ3) is 7.10. The van der Waals surface area contributed by atoms with Gasteiger partial charge in [0.2, 0.25) is 0 Å². The summed E-state index contributed by atoms with van der Waals surface area (Å²) >= 11 is 11.9. The normalized spacial score (nSPS) is 11.6. The Morgan fingerprint density at radius 3 is 1.82 bits per heavy atom. The van der Waals surface area contributed by atoms with Crippen LogP contribution in [0, 0.1) is 13.8 Å². The van der Waals surface area contributed by atoms with Gasteiger partial charge in [0.1, 0.15) is 0 Å². The number of hydrogen-bond acceptors (Lipinski definition) is 5. The monoisotopic (exact) mass is 603 g/mol. The zero-order valence-electron chi connectivity index (χ0n) is 20.7. The number of halogens is 2. The van der Waals surface area contributed by atoms with Crippen LogP contribution in [0.1, 0.15) is 21.5 Å². The molecule has 12 heteroatoms. The number of hydrogen-bond donors (Lipinski definition) is 3. The van der Waals surface area contributed by atoms with Crippen LogP contribution in [-0.4, -0.2) is 22.7 Å². The summed E-state index contributed by atoms with van der Waals surface area (Å²) < 4.78 is 56.5. The molecule has 0 aromatic heterocycles. The Bertz CT molecular complexity index is 1740. The maximum absolute atomic E-state index is 13.0. The van der Waals surface area contributed by atoms with Crippen molar-refractivity contribution in [2.24, 2.45) is 0 Å². The third-order valence-corrected chi connectivity index (χ3v) is 8.94. The number of aryl methyl sites for hydroxylation is 2. The summed E-state index contributed by atoms with van der Waals surface area (Å²) in [4.78, 5) is 12.8. The zero-order valence-corrected chi connectivity index (χ0v) is 23.8. The summed E-state index contributed by atoms with van der Waals surface area (Å²) in [6.07, 6.45) is 0. The van der Waals surface area contributed by atoms with Gasteiger partial charge in [-0.05, 0) is 86.1 Å². The van der Waals surface area contributed by atoms with Gasteiger partial charge in [-0.2, -0.15) is 0 Å². The molecule has 0 aliphatic rings. The minimum absolute atomic E-state index is 0.0376. The molecular formula is C27H23Cl2N3O5S2. The van der Waals surface area contributed by atoms with Crippen LogP contribution >= 0.6 is 23.2 Å². The average molecular weight is 605 g/mol. The van der Waals surface area contributed by atoms with Crippen LogP contribution in [0.3, 0.4) is 0 Å². The van der Waals surface area contributed by atoms with E-state index >= 15 is 0 Å². The number of rotatable bonds is 8. The van der Waals surface area contributed by atoms with E-state index in [9.17, 15) is 21.6 Å². The number of nitrogens with one attached hydrogen (secondary N) is 3. The van der Waals surface area contributed by atoms with Gasteiger partial charge in [0.15, 0.2) is 0 Å². The lowest BCUT2D eigenvalue weighted by atomic mass is 10.1. The fourth-order valence-corrected chi connectivity index (χ4v) is 6.51. The second kappa shape index (κ2) is 11.3. The van der Waals surface area contributed by atoms with Gasteiger partial charge in [0.05, 0.1) is 15.5 Å². The van der Waals surface area contributed by atoms with Crippen LogP contribution < -0.4 is 14.8 Å². The van der Waals surface area contributed by atoms with E-state index in [2.05, 4.69) is 14.8 Å². The lowest BCUT2D eigenvalue weighted by molar-refractivity contribution is 0.102. The lowest BCUT2D eigenvalue weighted by Crippen LogP contribution is -2.17. The third-order valence-electron chi connectivity index (χ3n) is 5.58. The zero-order chi connectivity index (χ0) is 28.4. The minimum atomic E-state index is -3.96. The molecule has 3 N–H and O–H groups in total. The second-order valence-electron chi connectivity index (χ2n) is 8.69. The van der Waals surface area contributed by atoms with Crippen molar-refractivity contribution in [1.82, 2.24) is 0 Å². The van der Waals surface area contributed by atoms with Gasteiger partial charge in [0, 0.05) is 27.0 Å². The summed E-state index contributed by atoms with van der Waals surface area (Å²) in [6.45, 7) is 3.53. The molecule has 0 saturated heterocycles. The second-order valence-corrected chi connectivity index (χ2v) is 12.9. The Kier molecular flexibility index (Phi) is 8.22. The molecule has 4 aromatic carbocycles. The smallest absolute Gasteiger partial charge is 0.262 e. The average Bonchev–Trinajstić information content (AvgIpc) is 2.85. The lowest BCUT2D eigenvalue weighted by Gasteiger charge is -2.13. The van der Waals surface area contributed by atoms with Crippen LogP contribution in [0.15, 0.2) is 94.7 Å². The Hall–Kier alpha value is -3.57. The molecule has 0 aliphatic carbocycles.